The molecular weight excluding hydrogens is 258 g/mol. The van der Waals surface area contributed by atoms with E-state index in [1.807, 2.05) is 19.1 Å². The fourth-order valence-electron chi connectivity index (χ4n) is 2.41. The number of carbonyl (C=O) groups is 1. The molecule has 3 aromatic rings. The highest BCUT2D eigenvalue weighted by Gasteiger charge is 2.19. The molecule has 0 amide bonds. The van der Waals surface area contributed by atoms with Crippen LogP contribution < -0.4 is 4.57 Å². The zero-order chi connectivity index (χ0) is 13.4. The number of aryl methyl sites for hydroxylation is 2. The molecular formula is C15H14NO2S+. The van der Waals surface area contributed by atoms with E-state index in [9.17, 15) is 4.79 Å². The molecule has 1 heterocycles. The second kappa shape index (κ2) is 4.63. The van der Waals surface area contributed by atoms with Gasteiger partial charge in [0.15, 0.2) is 6.54 Å². The normalized spacial score (nSPS) is 11.2. The Morgan fingerprint density at radius 2 is 2.05 bits per heavy atom. The van der Waals surface area contributed by atoms with E-state index in [0.29, 0.717) is 6.54 Å². The van der Waals surface area contributed by atoms with Gasteiger partial charge in [0.05, 0.1) is 0 Å². The van der Waals surface area contributed by atoms with E-state index in [1.54, 1.807) is 11.3 Å². The van der Waals surface area contributed by atoms with E-state index in [0.717, 1.165) is 10.5 Å². The van der Waals surface area contributed by atoms with Crippen LogP contribution in [0.15, 0.2) is 36.4 Å². The van der Waals surface area contributed by atoms with E-state index in [-0.39, 0.29) is 6.42 Å². The van der Waals surface area contributed by atoms with Crippen LogP contribution in [0.25, 0.3) is 21.0 Å². The first-order chi connectivity index (χ1) is 9.16. The van der Waals surface area contributed by atoms with Gasteiger partial charge in [0.1, 0.15) is 11.1 Å². The van der Waals surface area contributed by atoms with Crippen LogP contribution in [0.4, 0.5) is 0 Å². The summed E-state index contributed by atoms with van der Waals surface area (Å²) in [5.41, 5.74) is 1.13. The number of carboxylic acid groups (broad SMARTS) is 1. The largest absolute Gasteiger partial charge is 0.481 e. The van der Waals surface area contributed by atoms with Gasteiger partial charge in [-0.1, -0.05) is 35.6 Å². The summed E-state index contributed by atoms with van der Waals surface area (Å²) in [5, 5.41) is 12.4. The molecule has 0 aliphatic carbocycles. The number of hydrogen-bond donors (Lipinski definition) is 1. The maximum Gasteiger partial charge on any atom is 0.309 e. The Balaban J connectivity index is 2.21. The molecule has 3 nitrogen and oxygen atoms in total. The van der Waals surface area contributed by atoms with Crippen LogP contribution >= 0.6 is 11.3 Å². The van der Waals surface area contributed by atoms with E-state index in [2.05, 4.69) is 28.8 Å². The Labute approximate surface area is 114 Å². The van der Waals surface area contributed by atoms with Crippen molar-refractivity contribution in [3.8, 4) is 0 Å². The predicted molar refractivity (Wildman–Crippen MR) is 76.5 cm³/mol. The number of aliphatic carboxylic acids is 1. The maximum atomic E-state index is 10.7. The van der Waals surface area contributed by atoms with E-state index >= 15 is 0 Å². The number of thiazole rings is 1. The zero-order valence-corrected chi connectivity index (χ0v) is 11.4. The molecule has 0 bridgehead atoms. The summed E-state index contributed by atoms with van der Waals surface area (Å²) in [6.07, 6.45) is 0.157. The first-order valence-electron chi connectivity index (χ1n) is 6.19. The number of nitrogens with zero attached hydrogens (tertiary/aromatic N) is 1. The van der Waals surface area contributed by atoms with Crippen molar-refractivity contribution in [2.45, 2.75) is 19.9 Å². The van der Waals surface area contributed by atoms with Gasteiger partial charge in [-0.2, -0.15) is 4.57 Å². The van der Waals surface area contributed by atoms with Gasteiger partial charge < -0.3 is 5.11 Å². The van der Waals surface area contributed by atoms with Gasteiger partial charge in [0.2, 0.25) is 10.5 Å². The summed E-state index contributed by atoms with van der Waals surface area (Å²) in [6.45, 7) is 2.57. The smallest absolute Gasteiger partial charge is 0.309 e. The Kier molecular flexibility index (Phi) is 2.95. The highest BCUT2D eigenvalue weighted by Crippen LogP contribution is 2.28. The summed E-state index contributed by atoms with van der Waals surface area (Å²) in [5.74, 6) is -0.757. The quantitative estimate of drug-likeness (QED) is 0.744. The van der Waals surface area contributed by atoms with Crippen LogP contribution in [0.2, 0.25) is 0 Å². The summed E-state index contributed by atoms with van der Waals surface area (Å²) >= 11 is 1.73. The lowest BCUT2D eigenvalue weighted by Gasteiger charge is -1.97. The number of fused-ring (bicyclic) bond motifs is 3. The van der Waals surface area contributed by atoms with Crippen LogP contribution in [-0.4, -0.2) is 11.1 Å². The van der Waals surface area contributed by atoms with Gasteiger partial charge in [-0.25, -0.2) is 0 Å². The molecule has 0 unspecified atom stereocenters. The highest BCUT2D eigenvalue weighted by atomic mass is 32.1. The molecule has 0 aliphatic rings. The van der Waals surface area contributed by atoms with Crippen LogP contribution in [0.5, 0.6) is 0 Å². The number of carboxylic acids is 1. The van der Waals surface area contributed by atoms with Gasteiger partial charge in [-0.15, -0.1) is 0 Å². The Bertz CT molecular complexity index is 776. The first-order valence-corrected chi connectivity index (χ1v) is 7.01. The van der Waals surface area contributed by atoms with Crippen LogP contribution in [0, 0.1) is 6.92 Å². The fraction of sp³-hybridized carbons (Fsp3) is 0.200. The van der Waals surface area contributed by atoms with Crippen molar-refractivity contribution in [3.63, 3.8) is 0 Å². The Hall–Kier alpha value is -1.94. The predicted octanol–water partition coefficient (Wildman–Crippen LogP) is 3.13. The van der Waals surface area contributed by atoms with Crippen molar-refractivity contribution in [2.24, 2.45) is 0 Å². The van der Waals surface area contributed by atoms with Gasteiger partial charge in [-0.3, -0.25) is 4.79 Å². The molecule has 3 rings (SSSR count). The van der Waals surface area contributed by atoms with Crippen molar-refractivity contribution in [2.75, 3.05) is 0 Å². The van der Waals surface area contributed by atoms with Gasteiger partial charge in [0.25, 0.3) is 0 Å². The summed E-state index contributed by atoms with van der Waals surface area (Å²) in [6, 6.07) is 12.5. The van der Waals surface area contributed by atoms with Crippen LogP contribution in [0.3, 0.4) is 0 Å². The average molecular weight is 272 g/mol. The maximum absolute atomic E-state index is 10.7. The van der Waals surface area contributed by atoms with Crippen molar-refractivity contribution in [3.05, 3.63) is 41.4 Å². The van der Waals surface area contributed by atoms with Crippen molar-refractivity contribution < 1.29 is 14.5 Å². The second-order valence-electron chi connectivity index (χ2n) is 4.55. The van der Waals surface area contributed by atoms with E-state index in [4.69, 9.17) is 5.11 Å². The minimum atomic E-state index is -0.757. The lowest BCUT2D eigenvalue weighted by molar-refractivity contribution is -0.671. The second-order valence-corrected chi connectivity index (χ2v) is 5.75. The molecule has 19 heavy (non-hydrogen) atoms. The fourth-order valence-corrected chi connectivity index (χ4v) is 3.58. The Morgan fingerprint density at radius 3 is 2.84 bits per heavy atom. The number of hydrogen-bond acceptors (Lipinski definition) is 2. The molecule has 0 atom stereocenters. The molecule has 0 radical (unpaired) electrons. The minimum absolute atomic E-state index is 0.157. The average Bonchev–Trinajstić information content (AvgIpc) is 2.72. The third kappa shape index (κ3) is 2.08. The number of aromatic nitrogens is 1. The van der Waals surface area contributed by atoms with E-state index < -0.39 is 5.97 Å². The third-order valence-electron chi connectivity index (χ3n) is 3.33. The zero-order valence-electron chi connectivity index (χ0n) is 10.6. The topological polar surface area (TPSA) is 41.2 Å². The van der Waals surface area contributed by atoms with Gasteiger partial charge in [0, 0.05) is 18.4 Å². The monoisotopic (exact) mass is 272 g/mol. The van der Waals surface area contributed by atoms with Gasteiger partial charge in [-0.05, 0) is 11.5 Å². The van der Waals surface area contributed by atoms with Crippen LogP contribution in [0.1, 0.15) is 11.4 Å². The highest BCUT2D eigenvalue weighted by molar-refractivity contribution is 7.19. The summed E-state index contributed by atoms with van der Waals surface area (Å²) in [7, 11) is 0. The lowest BCUT2D eigenvalue weighted by atomic mass is 10.1. The van der Waals surface area contributed by atoms with E-state index in [1.165, 1.54) is 15.5 Å². The standard InChI is InChI=1S/C15H13NO2S/c1-10-16(9-8-14(17)18)13-7-6-11-4-2-3-5-12(11)15(13)19-10/h2-7H,8-9H2,1H3/p+1. The molecule has 0 saturated carbocycles. The molecule has 1 aromatic heterocycles. The molecule has 0 aliphatic heterocycles. The molecule has 0 saturated heterocycles. The molecule has 4 heteroatoms. The molecule has 0 spiro atoms. The number of benzene rings is 2. The van der Waals surface area contributed by atoms with Crippen molar-refractivity contribution in [1.29, 1.82) is 0 Å². The lowest BCUT2D eigenvalue weighted by Crippen LogP contribution is -2.36. The molecule has 96 valence electrons. The number of rotatable bonds is 3. The van der Waals surface area contributed by atoms with Crippen molar-refractivity contribution >= 4 is 38.3 Å². The minimum Gasteiger partial charge on any atom is -0.481 e. The molecule has 1 N–H and O–H groups in total. The molecule has 0 fully saturated rings. The summed E-state index contributed by atoms with van der Waals surface area (Å²) < 4.78 is 3.33. The van der Waals surface area contributed by atoms with Crippen LogP contribution in [-0.2, 0) is 11.3 Å². The first kappa shape index (κ1) is 12.1. The Morgan fingerprint density at radius 1 is 1.26 bits per heavy atom. The summed E-state index contributed by atoms with van der Waals surface area (Å²) in [4.78, 5) is 10.7. The van der Waals surface area contributed by atoms with Crippen molar-refractivity contribution in [1.82, 2.24) is 0 Å². The molecule has 2 aromatic carbocycles. The SMILES string of the molecule is Cc1sc2c3ccccc3ccc2[n+]1CCC(=O)O. The van der Waals surface area contributed by atoms with Gasteiger partial charge >= 0.3 is 5.97 Å². The third-order valence-corrected chi connectivity index (χ3v) is 4.48.